The molecule has 0 radical (unpaired) electrons. The highest BCUT2D eigenvalue weighted by molar-refractivity contribution is 9.08. The summed E-state index contributed by atoms with van der Waals surface area (Å²) in [5.74, 6) is 3.62. The van der Waals surface area contributed by atoms with Crippen molar-refractivity contribution < 1.29 is 4.74 Å². The zero-order chi connectivity index (χ0) is 23.9. The van der Waals surface area contributed by atoms with E-state index < -0.39 is 0 Å². The van der Waals surface area contributed by atoms with Crippen LogP contribution in [0.4, 0.5) is 11.4 Å². The van der Waals surface area contributed by atoms with E-state index in [1.54, 1.807) is 18.9 Å². The van der Waals surface area contributed by atoms with Gasteiger partial charge < -0.3 is 20.7 Å². The maximum absolute atomic E-state index is 6.11. The highest BCUT2D eigenvalue weighted by Crippen LogP contribution is 2.26. The van der Waals surface area contributed by atoms with Crippen molar-refractivity contribution in [2.24, 2.45) is 16.6 Å². The van der Waals surface area contributed by atoms with Gasteiger partial charge in [-0.05, 0) is 61.1 Å². The number of halogens is 1. The molecule has 33 heavy (non-hydrogen) atoms. The first-order valence-corrected chi connectivity index (χ1v) is 14.8. The molecular weight excluding hydrogens is 518 g/mol. The molecule has 0 spiro atoms. The van der Waals surface area contributed by atoms with Crippen LogP contribution in [-0.2, 0) is 4.74 Å². The molecule has 0 bridgehead atoms. The lowest BCUT2D eigenvalue weighted by atomic mass is 10.0. The van der Waals surface area contributed by atoms with E-state index in [4.69, 9.17) is 22.7 Å². The smallest absolute Gasteiger partial charge is 0.199 e. The van der Waals surface area contributed by atoms with Crippen LogP contribution in [0.15, 0.2) is 29.3 Å². The summed E-state index contributed by atoms with van der Waals surface area (Å²) in [6, 6.07) is 8.40. The van der Waals surface area contributed by atoms with Gasteiger partial charge in [-0.1, -0.05) is 53.4 Å². The van der Waals surface area contributed by atoms with Crippen molar-refractivity contribution in [3.63, 3.8) is 0 Å². The SMILES string of the molecule is CBr.COCCN1CCN(c2ccc(NC(=S)/N=C(\N)SCC3CCCCCC3)cc2)CC1. The third kappa shape index (κ3) is 10.9. The zero-order valence-corrected chi connectivity index (χ0v) is 23.3. The molecule has 0 unspecified atom stereocenters. The Hall–Kier alpha value is -0.870. The molecule has 6 nitrogen and oxygen atoms in total. The van der Waals surface area contributed by atoms with Crippen LogP contribution in [-0.4, -0.2) is 73.2 Å². The quantitative estimate of drug-likeness (QED) is 0.157. The van der Waals surface area contributed by atoms with Crippen LogP contribution in [0.5, 0.6) is 0 Å². The summed E-state index contributed by atoms with van der Waals surface area (Å²) in [6.07, 6.45) is 8.09. The molecule has 0 aromatic heterocycles. The Morgan fingerprint density at radius 2 is 1.76 bits per heavy atom. The number of aliphatic imine (C=N–C) groups is 1. The molecule has 1 aliphatic heterocycles. The van der Waals surface area contributed by atoms with E-state index in [1.165, 1.54) is 44.2 Å². The molecule has 1 aliphatic carbocycles. The highest BCUT2D eigenvalue weighted by atomic mass is 79.9. The summed E-state index contributed by atoms with van der Waals surface area (Å²) in [7, 11) is 1.76. The minimum atomic E-state index is 0.422. The van der Waals surface area contributed by atoms with Crippen LogP contribution in [0.2, 0.25) is 0 Å². The van der Waals surface area contributed by atoms with Gasteiger partial charge in [-0.25, -0.2) is 0 Å². The standard InChI is InChI=1S/C23H37N5OS2.CH3Br/c1-29-17-16-27-12-14-28(15-13-27)21-10-8-20(9-11-21)25-23(30)26-22(24)31-18-19-6-4-2-3-5-7-19;1-2/h8-11,19H,2-7,12-18H2,1H3,(H3,24,25,26,30);1H3. The average molecular weight is 559 g/mol. The van der Waals surface area contributed by atoms with Crippen LogP contribution in [0.25, 0.3) is 0 Å². The fourth-order valence-corrected chi connectivity index (χ4v) is 5.39. The van der Waals surface area contributed by atoms with Gasteiger partial charge in [0, 0.05) is 57.0 Å². The average Bonchev–Trinajstić information content (AvgIpc) is 3.12. The molecule has 186 valence electrons. The Labute approximate surface area is 218 Å². The Bertz CT molecular complexity index is 703. The van der Waals surface area contributed by atoms with Crippen molar-refractivity contribution in [3.05, 3.63) is 24.3 Å². The predicted molar refractivity (Wildman–Crippen MR) is 153 cm³/mol. The molecule has 0 atom stereocenters. The van der Waals surface area contributed by atoms with Crippen molar-refractivity contribution in [1.29, 1.82) is 0 Å². The van der Waals surface area contributed by atoms with Gasteiger partial charge in [0.25, 0.3) is 0 Å². The van der Waals surface area contributed by atoms with Gasteiger partial charge in [0.2, 0.25) is 0 Å². The number of thiocarbonyl (C=S) groups is 1. The zero-order valence-electron chi connectivity index (χ0n) is 20.1. The van der Waals surface area contributed by atoms with E-state index in [0.717, 1.165) is 56.7 Å². The number of rotatable bonds is 7. The van der Waals surface area contributed by atoms with Gasteiger partial charge in [-0.3, -0.25) is 4.90 Å². The third-order valence-corrected chi connectivity index (χ3v) is 7.34. The van der Waals surface area contributed by atoms with Gasteiger partial charge in [-0.2, -0.15) is 4.99 Å². The van der Waals surface area contributed by atoms with Crippen molar-refractivity contribution in [2.75, 3.05) is 68.2 Å². The third-order valence-electron chi connectivity index (χ3n) is 6.12. The number of alkyl halides is 1. The van der Waals surface area contributed by atoms with Gasteiger partial charge in [0.1, 0.15) is 0 Å². The van der Waals surface area contributed by atoms with Gasteiger partial charge in [-0.15, -0.1) is 0 Å². The summed E-state index contributed by atoms with van der Waals surface area (Å²) < 4.78 is 5.18. The summed E-state index contributed by atoms with van der Waals surface area (Å²) in [4.78, 5) is 9.25. The largest absolute Gasteiger partial charge is 0.383 e. The first-order valence-electron chi connectivity index (χ1n) is 11.9. The molecule has 3 N–H and O–H groups in total. The van der Waals surface area contributed by atoms with Crippen LogP contribution >= 0.6 is 39.9 Å². The van der Waals surface area contributed by atoms with E-state index in [9.17, 15) is 0 Å². The first-order chi connectivity index (χ1) is 16.1. The lowest BCUT2D eigenvalue weighted by molar-refractivity contribution is 0.144. The molecule has 1 heterocycles. The van der Waals surface area contributed by atoms with Gasteiger partial charge >= 0.3 is 0 Å². The van der Waals surface area contributed by atoms with Crippen LogP contribution in [0.3, 0.4) is 0 Å². The Morgan fingerprint density at radius 1 is 1.12 bits per heavy atom. The van der Waals surface area contributed by atoms with E-state index in [0.29, 0.717) is 10.3 Å². The second-order valence-electron chi connectivity index (χ2n) is 8.42. The topological polar surface area (TPSA) is 66.1 Å². The predicted octanol–water partition coefficient (Wildman–Crippen LogP) is 5.18. The molecule has 1 saturated heterocycles. The summed E-state index contributed by atoms with van der Waals surface area (Å²) >= 11 is 9.97. The number of benzene rings is 1. The van der Waals surface area contributed by atoms with E-state index in [-0.39, 0.29) is 0 Å². The number of nitrogens with zero attached hydrogens (tertiary/aromatic N) is 3. The number of ether oxygens (including phenoxy) is 1. The van der Waals surface area contributed by atoms with Crippen molar-refractivity contribution in [2.45, 2.75) is 38.5 Å². The molecule has 2 aliphatic rings. The van der Waals surface area contributed by atoms with Gasteiger partial charge in [0.15, 0.2) is 10.3 Å². The van der Waals surface area contributed by atoms with E-state index in [2.05, 4.69) is 60.3 Å². The Balaban J connectivity index is 0.00000187. The van der Waals surface area contributed by atoms with E-state index >= 15 is 0 Å². The number of hydrogen-bond acceptors (Lipinski definition) is 5. The van der Waals surface area contributed by atoms with Crippen molar-refractivity contribution >= 4 is 61.6 Å². The molecule has 1 aromatic rings. The van der Waals surface area contributed by atoms with Crippen LogP contribution < -0.4 is 16.0 Å². The molecule has 1 saturated carbocycles. The lowest BCUT2D eigenvalue weighted by Gasteiger charge is -2.36. The Kier molecular flexibility index (Phi) is 14.4. The maximum atomic E-state index is 6.11. The summed E-state index contributed by atoms with van der Waals surface area (Å²) in [5, 5.41) is 4.17. The number of nitrogens with two attached hydrogens (primary N) is 1. The number of methoxy groups -OCH3 is 1. The van der Waals surface area contributed by atoms with Crippen LogP contribution in [0.1, 0.15) is 38.5 Å². The van der Waals surface area contributed by atoms with Crippen molar-refractivity contribution in [1.82, 2.24) is 4.90 Å². The van der Waals surface area contributed by atoms with Crippen LogP contribution in [0, 0.1) is 5.92 Å². The van der Waals surface area contributed by atoms with Gasteiger partial charge in [0.05, 0.1) is 6.61 Å². The summed E-state index contributed by atoms with van der Waals surface area (Å²) in [6.45, 7) is 6.02. The number of nitrogens with one attached hydrogen (secondary N) is 1. The molecule has 9 heteroatoms. The maximum Gasteiger partial charge on any atom is 0.199 e. The number of amidine groups is 1. The molecular formula is C24H40BrN5OS2. The Morgan fingerprint density at radius 3 is 2.36 bits per heavy atom. The second kappa shape index (κ2) is 16.7. The highest BCUT2D eigenvalue weighted by Gasteiger charge is 2.17. The number of hydrogen-bond donors (Lipinski definition) is 2. The lowest BCUT2D eigenvalue weighted by Crippen LogP contribution is -2.47. The molecule has 3 rings (SSSR count). The minimum Gasteiger partial charge on any atom is -0.383 e. The normalized spacial score (nSPS) is 18.3. The monoisotopic (exact) mass is 557 g/mol. The number of thioether (sulfide) groups is 1. The molecule has 1 aromatic carbocycles. The number of anilines is 2. The summed E-state index contributed by atoms with van der Waals surface area (Å²) in [5.41, 5.74) is 8.30. The second-order valence-corrected chi connectivity index (χ2v) is 9.84. The minimum absolute atomic E-state index is 0.422. The van der Waals surface area contributed by atoms with E-state index in [1.807, 2.05) is 5.83 Å². The fraction of sp³-hybridized carbons (Fsp3) is 0.667. The number of piperazine rings is 1. The molecule has 2 fully saturated rings. The first kappa shape index (κ1) is 28.4. The molecule has 0 amide bonds. The van der Waals surface area contributed by atoms with Crippen molar-refractivity contribution in [3.8, 4) is 0 Å². The fourth-order valence-electron chi connectivity index (χ4n) is 4.22.